The van der Waals surface area contributed by atoms with Crippen LogP contribution >= 0.6 is 15.9 Å². The molecule has 0 aliphatic rings. The lowest BCUT2D eigenvalue weighted by Gasteiger charge is -2.21. The third-order valence-corrected chi connectivity index (χ3v) is 3.59. The molecule has 1 atom stereocenters. The molecular weight excluding hydrogens is 320 g/mol. The van der Waals surface area contributed by atoms with Gasteiger partial charge < -0.3 is 15.8 Å². The molecule has 0 fully saturated rings. The topological polar surface area (TPSA) is 64.3 Å². The van der Waals surface area contributed by atoms with Gasteiger partial charge in [0.2, 0.25) is 5.91 Å². The number of carbonyl (C=O) groups is 1. The van der Waals surface area contributed by atoms with Crippen LogP contribution in [0.5, 0.6) is 5.75 Å². The smallest absolute Gasteiger partial charge is 0.223 e. The summed E-state index contributed by atoms with van der Waals surface area (Å²) in [7, 11) is 0. The molecule has 1 rings (SSSR count). The summed E-state index contributed by atoms with van der Waals surface area (Å²) in [5.41, 5.74) is 6.38. The second kappa shape index (κ2) is 7.09. The molecule has 0 aliphatic heterocycles. The normalized spacial score (nSPS) is 13.1. The van der Waals surface area contributed by atoms with Crippen LogP contribution in [0.3, 0.4) is 0 Å². The molecule has 1 amide bonds. The summed E-state index contributed by atoms with van der Waals surface area (Å²) in [6.07, 6.45) is 0. The minimum Gasteiger partial charge on any atom is -0.493 e. The zero-order chi connectivity index (χ0) is 15.3. The van der Waals surface area contributed by atoms with Crippen molar-refractivity contribution in [3.63, 3.8) is 0 Å². The average Bonchev–Trinajstić information content (AvgIpc) is 2.34. The lowest BCUT2D eigenvalue weighted by atomic mass is 10.1. The van der Waals surface area contributed by atoms with Gasteiger partial charge in [0, 0.05) is 16.6 Å². The van der Waals surface area contributed by atoms with Gasteiger partial charge in [0.05, 0.1) is 12.5 Å². The van der Waals surface area contributed by atoms with Crippen molar-refractivity contribution in [1.29, 1.82) is 0 Å². The fraction of sp³-hybridized carbons (Fsp3) is 0.533. The monoisotopic (exact) mass is 342 g/mol. The maximum absolute atomic E-state index is 11.0. The van der Waals surface area contributed by atoms with E-state index in [2.05, 4.69) is 42.0 Å². The minimum absolute atomic E-state index is 0.0524. The molecule has 1 aromatic carbocycles. The van der Waals surface area contributed by atoms with E-state index in [1.54, 1.807) is 6.92 Å². The molecule has 20 heavy (non-hydrogen) atoms. The first-order valence-corrected chi connectivity index (χ1v) is 7.44. The van der Waals surface area contributed by atoms with Gasteiger partial charge in [0.15, 0.2) is 0 Å². The molecule has 0 radical (unpaired) electrons. The molecule has 0 spiro atoms. The first kappa shape index (κ1) is 17.0. The number of hydrogen-bond donors (Lipinski definition) is 2. The number of primary amides is 1. The number of nitrogens with two attached hydrogens (primary N) is 1. The number of carbonyl (C=O) groups excluding carboxylic acids is 1. The van der Waals surface area contributed by atoms with Crippen molar-refractivity contribution in [3.05, 3.63) is 28.2 Å². The number of benzene rings is 1. The Labute approximate surface area is 129 Å². The van der Waals surface area contributed by atoms with Gasteiger partial charge in [-0.1, -0.05) is 22.9 Å². The van der Waals surface area contributed by atoms with Crippen molar-refractivity contribution in [2.45, 2.75) is 39.8 Å². The summed E-state index contributed by atoms with van der Waals surface area (Å²) >= 11 is 3.53. The Bertz CT molecular complexity index is 469. The Morgan fingerprint density at radius 2 is 2.10 bits per heavy atom. The maximum atomic E-state index is 11.0. The lowest BCUT2D eigenvalue weighted by molar-refractivity contribution is -0.122. The van der Waals surface area contributed by atoms with Crippen LogP contribution in [0.15, 0.2) is 22.7 Å². The molecule has 3 N–H and O–H groups in total. The zero-order valence-electron chi connectivity index (χ0n) is 12.5. The van der Waals surface area contributed by atoms with Gasteiger partial charge in [0.25, 0.3) is 0 Å². The first-order chi connectivity index (χ1) is 9.19. The van der Waals surface area contributed by atoms with Crippen LogP contribution in [-0.4, -0.2) is 18.1 Å². The van der Waals surface area contributed by atoms with Crippen LogP contribution in [0.25, 0.3) is 0 Å². The number of halogens is 1. The second-order valence-corrected chi connectivity index (χ2v) is 6.83. The van der Waals surface area contributed by atoms with Gasteiger partial charge in [-0.05, 0) is 44.5 Å². The van der Waals surface area contributed by atoms with Crippen molar-refractivity contribution >= 4 is 21.8 Å². The summed E-state index contributed by atoms with van der Waals surface area (Å²) in [6.45, 7) is 9.15. The average molecular weight is 343 g/mol. The highest BCUT2D eigenvalue weighted by Gasteiger charge is 2.12. The van der Waals surface area contributed by atoms with Crippen LogP contribution in [-0.2, 0) is 11.3 Å². The van der Waals surface area contributed by atoms with Gasteiger partial charge in [0.1, 0.15) is 5.75 Å². The fourth-order valence-electron chi connectivity index (χ4n) is 1.44. The van der Waals surface area contributed by atoms with Crippen LogP contribution in [0.4, 0.5) is 0 Å². The Morgan fingerprint density at radius 1 is 1.45 bits per heavy atom. The van der Waals surface area contributed by atoms with Crippen LogP contribution in [0.2, 0.25) is 0 Å². The highest BCUT2D eigenvalue weighted by molar-refractivity contribution is 9.10. The van der Waals surface area contributed by atoms with E-state index in [1.807, 2.05) is 18.2 Å². The first-order valence-electron chi connectivity index (χ1n) is 6.64. The quantitative estimate of drug-likeness (QED) is 0.835. The third kappa shape index (κ3) is 5.92. The maximum Gasteiger partial charge on any atom is 0.223 e. The Morgan fingerprint density at radius 3 is 2.65 bits per heavy atom. The van der Waals surface area contributed by atoms with Gasteiger partial charge in [-0.25, -0.2) is 0 Å². The summed E-state index contributed by atoms with van der Waals surface area (Å²) in [4.78, 5) is 11.0. The second-order valence-electron chi connectivity index (χ2n) is 5.97. The molecule has 0 aliphatic carbocycles. The molecule has 4 nitrogen and oxygen atoms in total. The van der Waals surface area contributed by atoms with E-state index in [9.17, 15) is 4.79 Å². The van der Waals surface area contributed by atoms with E-state index in [1.165, 1.54) is 0 Å². The predicted octanol–water partition coefficient (Wildman–Crippen LogP) is 2.84. The van der Waals surface area contributed by atoms with Gasteiger partial charge in [-0.2, -0.15) is 0 Å². The largest absolute Gasteiger partial charge is 0.493 e. The Balaban J connectivity index is 2.68. The van der Waals surface area contributed by atoms with E-state index in [0.717, 1.165) is 22.3 Å². The highest BCUT2D eigenvalue weighted by Crippen LogP contribution is 2.23. The SMILES string of the molecule is CC(COc1ccc(Br)c(CNC(C)(C)C)c1)C(N)=O. The number of ether oxygens (including phenoxy) is 1. The predicted molar refractivity (Wildman–Crippen MR) is 84.6 cm³/mol. The van der Waals surface area contributed by atoms with Gasteiger partial charge in [-0.3, -0.25) is 4.79 Å². The van der Waals surface area contributed by atoms with Gasteiger partial charge in [-0.15, -0.1) is 0 Å². The highest BCUT2D eigenvalue weighted by atomic mass is 79.9. The van der Waals surface area contributed by atoms with Crippen LogP contribution in [0, 0.1) is 5.92 Å². The van der Waals surface area contributed by atoms with Crippen LogP contribution < -0.4 is 15.8 Å². The molecule has 5 heteroatoms. The molecular formula is C15H23BrN2O2. The molecule has 0 saturated carbocycles. The zero-order valence-corrected chi connectivity index (χ0v) is 14.1. The summed E-state index contributed by atoms with van der Waals surface area (Å²) < 4.78 is 6.64. The molecule has 1 unspecified atom stereocenters. The van der Waals surface area contributed by atoms with Crippen molar-refractivity contribution < 1.29 is 9.53 Å². The summed E-state index contributed by atoms with van der Waals surface area (Å²) in [6, 6.07) is 5.79. The van der Waals surface area contributed by atoms with Crippen molar-refractivity contribution in [2.24, 2.45) is 11.7 Å². The van der Waals surface area contributed by atoms with Crippen molar-refractivity contribution in [1.82, 2.24) is 5.32 Å². The van der Waals surface area contributed by atoms with Gasteiger partial charge >= 0.3 is 0 Å². The molecule has 1 aromatic rings. The molecule has 0 saturated heterocycles. The molecule has 0 bridgehead atoms. The molecule has 0 heterocycles. The fourth-order valence-corrected chi connectivity index (χ4v) is 1.83. The van der Waals surface area contributed by atoms with E-state index in [4.69, 9.17) is 10.5 Å². The standard InChI is InChI=1S/C15H23BrN2O2/c1-10(14(17)19)9-20-12-5-6-13(16)11(7-12)8-18-15(2,3)4/h5-7,10,18H,8-9H2,1-4H3,(H2,17,19). The third-order valence-electron chi connectivity index (χ3n) is 2.81. The van der Waals surface area contributed by atoms with E-state index < -0.39 is 0 Å². The van der Waals surface area contributed by atoms with E-state index >= 15 is 0 Å². The molecule has 112 valence electrons. The lowest BCUT2D eigenvalue weighted by Crippen LogP contribution is -2.35. The van der Waals surface area contributed by atoms with Crippen molar-refractivity contribution in [2.75, 3.05) is 6.61 Å². The number of rotatable bonds is 6. The summed E-state index contributed by atoms with van der Waals surface area (Å²) in [5.74, 6) is 0.0959. The van der Waals surface area contributed by atoms with E-state index in [0.29, 0.717) is 6.61 Å². The van der Waals surface area contributed by atoms with E-state index in [-0.39, 0.29) is 17.4 Å². The minimum atomic E-state index is -0.350. The number of hydrogen-bond acceptors (Lipinski definition) is 3. The Kier molecular flexibility index (Phi) is 6.02. The van der Waals surface area contributed by atoms with Crippen LogP contribution in [0.1, 0.15) is 33.3 Å². The Hall–Kier alpha value is -1.07. The molecule has 0 aromatic heterocycles. The van der Waals surface area contributed by atoms with Crippen molar-refractivity contribution in [3.8, 4) is 5.75 Å². The summed E-state index contributed by atoms with van der Waals surface area (Å²) in [5, 5.41) is 3.43. The number of amides is 1. The number of nitrogens with one attached hydrogen (secondary N) is 1.